The van der Waals surface area contributed by atoms with Crippen LogP contribution in [0.15, 0.2) is 24.3 Å². The van der Waals surface area contributed by atoms with Crippen molar-refractivity contribution in [3.8, 4) is 0 Å². The fraction of sp³-hybridized carbons (Fsp3) is 0.647. The zero-order valence-electron chi connectivity index (χ0n) is 13.4. The summed E-state index contributed by atoms with van der Waals surface area (Å²) in [5.41, 5.74) is 9.17. The fourth-order valence-electron chi connectivity index (χ4n) is 3.23. The second-order valence-electron chi connectivity index (χ2n) is 6.40. The lowest BCUT2D eigenvalue weighted by Crippen LogP contribution is -2.56. The largest absolute Gasteiger partial charge is 0.372 e. The molecule has 0 radical (unpaired) electrons. The normalized spacial score (nSPS) is 18.7. The Kier molecular flexibility index (Phi) is 4.71. The molecular formula is C17H29N3. The van der Waals surface area contributed by atoms with Gasteiger partial charge in [0.15, 0.2) is 0 Å². The number of nitrogens with two attached hydrogens (primary N) is 1. The lowest BCUT2D eigenvalue weighted by molar-refractivity contribution is 0.0683. The third kappa shape index (κ3) is 2.84. The van der Waals surface area contributed by atoms with Gasteiger partial charge in [-0.05, 0) is 51.4 Å². The molecule has 1 atom stereocenters. The van der Waals surface area contributed by atoms with E-state index in [-0.39, 0.29) is 6.04 Å². The SMILES string of the molecule is CC[C@@H](N)c1ccccc1N(C)CC1(N(C)C)CCC1. The van der Waals surface area contributed by atoms with E-state index in [2.05, 4.69) is 62.1 Å². The van der Waals surface area contributed by atoms with Crippen molar-refractivity contribution in [2.45, 2.75) is 44.2 Å². The van der Waals surface area contributed by atoms with E-state index >= 15 is 0 Å². The van der Waals surface area contributed by atoms with E-state index in [9.17, 15) is 0 Å². The van der Waals surface area contributed by atoms with Crippen molar-refractivity contribution in [1.82, 2.24) is 4.90 Å². The van der Waals surface area contributed by atoms with Crippen LogP contribution in [0.1, 0.15) is 44.2 Å². The monoisotopic (exact) mass is 275 g/mol. The second-order valence-corrected chi connectivity index (χ2v) is 6.40. The van der Waals surface area contributed by atoms with Gasteiger partial charge in [-0.25, -0.2) is 0 Å². The van der Waals surface area contributed by atoms with Gasteiger partial charge in [-0.15, -0.1) is 0 Å². The minimum Gasteiger partial charge on any atom is -0.372 e. The molecule has 1 aromatic rings. The van der Waals surface area contributed by atoms with Crippen molar-refractivity contribution in [3.63, 3.8) is 0 Å². The number of rotatable bonds is 6. The first-order chi connectivity index (χ1) is 9.50. The number of anilines is 1. The molecule has 3 nitrogen and oxygen atoms in total. The van der Waals surface area contributed by atoms with Crippen LogP contribution in [0.3, 0.4) is 0 Å². The molecule has 0 heterocycles. The Hall–Kier alpha value is -1.06. The molecule has 0 unspecified atom stereocenters. The molecule has 0 bridgehead atoms. The highest BCUT2D eigenvalue weighted by atomic mass is 15.2. The van der Waals surface area contributed by atoms with E-state index in [1.165, 1.54) is 30.5 Å². The Morgan fingerprint density at radius 2 is 1.85 bits per heavy atom. The summed E-state index contributed by atoms with van der Waals surface area (Å²) >= 11 is 0. The van der Waals surface area contributed by atoms with E-state index in [1.807, 2.05) is 0 Å². The van der Waals surface area contributed by atoms with Crippen LogP contribution < -0.4 is 10.6 Å². The van der Waals surface area contributed by atoms with Gasteiger partial charge in [0.2, 0.25) is 0 Å². The van der Waals surface area contributed by atoms with E-state index < -0.39 is 0 Å². The predicted octanol–water partition coefficient (Wildman–Crippen LogP) is 3.02. The quantitative estimate of drug-likeness (QED) is 0.866. The van der Waals surface area contributed by atoms with Gasteiger partial charge in [-0.2, -0.15) is 0 Å². The molecule has 1 saturated carbocycles. The number of likely N-dealkylation sites (N-methyl/N-ethyl adjacent to an activating group) is 2. The maximum absolute atomic E-state index is 6.27. The van der Waals surface area contributed by atoms with Crippen molar-refractivity contribution in [1.29, 1.82) is 0 Å². The van der Waals surface area contributed by atoms with Crippen molar-refractivity contribution in [2.24, 2.45) is 5.73 Å². The van der Waals surface area contributed by atoms with Crippen molar-refractivity contribution in [2.75, 3.05) is 32.6 Å². The van der Waals surface area contributed by atoms with Crippen molar-refractivity contribution in [3.05, 3.63) is 29.8 Å². The maximum atomic E-state index is 6.27. The Morgan fingerprint density at radius 3 is 2.35 bits per heavy atom. The van der Waals surface area contributed by atoms with Crippen LogP contribution in [-0.2, 0) is 0 Å². The molecule has 1 fully saturated rings. The maximum Gasteiger partial charge on any atom is 0.0412 e. The highest BCUT2D eigenvalue weighted by Crippen LogP contribution is 2.38. The standard InChI is InChI=1S/C17H29N3/c1-5-15(18)14-9-6-7-10-16(14)20(4)13-17(19(2)3)11-8-12-17/h6-7,9-10,15H,5,8,11-13,18H2,1-4H3/t15-/m1/s1. The van der Waals surface area contributed by atoms with Crippen LogP contribution in [0.2, 0.25) is 0 Å². The molecule has 1 aliphatic carbocycles. The Bertz CT molecular complexity index is 438. The summed E-state index contributed by atoms with van der Waals surface area (Å²) in [5, 5.41) is 0. The number of nitrogens with zero attached hydrogens (tertiary/aromatic N) is 2. The van der Waals surface area contributed by atoms with Crippen LogP contribution in [0.5, 0.6) is 0 Å². The molecule has 20 heavy (non-hydrogen) atoms. The average molecular weight is 275 g/mol. The topological polar surface area (TPSA) is 32.5 Å². The molecular weight excluding hydrogens is 246 g/mol. The molecule has 0 aliphatic heterocycles. The highest BCUT2D eigenvalue weighted by Gasteiger charge is 2.40. The molecule has 0 aromatic heterocycles. The van der Waals surface area contributed by atoms with E-state index in [4.69, 9.17) is 5.73 Å². The van der Waals surface area contributed by atoms with Gasteiger partial charge in [0.05, 0.1) is 0 Å². The van der Waals surface area contributed by atoms with E-state index in [0.29, 0.717) is 5.54 Å². The Morgan fingerprint density at radius 1 is 1.20 bits per heavy atom. The van der Waals surface area contributed by atoms with Crippen LogP contribution in [-0.4, -0.2) is 38.1 Å². The third-order valence-electron chi connectivity index (χ3n) is 4.95. The molecule has 3 heteroatoms. The summed E-state index contributed by atoms with van der Waals surface area (Å²) < 4.78 is 0. The first-order valence-corrected chi connectivity index (χ1v) is 7.73. The molecule has 0 saturated heterocycles. The van der Waals surface area contributed by atoms with Crippen LogP contribution in [0, 0.1) is 0 Å². The smallest absolute Gasteiger partial charge is 0.0412 e. The van der Waals surface area contributed by atoms with E-state index in [1.54, 1.807) is 0 Å². The van der Waals surface area contributed by atoms with Gasteiger partial charge >= 0.3 is 0 Å². The van der Waals surface area contributed by atoms with Crippen molar-refractivity contribution < 1.29 is 0 Å². The summed E-state index contributed by atoms with van der Waals surface area (Å²) in [6.45, 7) is 3.22. The summed E-state index contributed by atoms with van der Waals surface area (Å²) in [7, 11) is 6.61. The van der Waals surface area contributed by atoms with Gasteiger partial charge in [-0.1, -0.05) is 25.1 Å². The summed E-state index contributed by atoms with van der Waals surface area (Å²) in [4.78, 5) is 4.79. The van der Waals surface area contributed by atoms with E-state index in [0.717, 1.165) is 13.0 Å². The van der Waals surface area contributed by atoms with Crippen LogP contribution in [0.4, 0.5) is 5.69 Å². The summed E-state index contributed by atoms with van der Waals surface area (Å²) in [5.74, 6) is 0. The fourth-order valence-corrected chi connectivity index (χ4v) is 3.23. The number of benzene rings is 1. The molecule has 1 aliphatic rings. The Balaban J connectivity index is 2.19. The van der Waals surface area contributed by atoms with Crippen LogP contribution >= 0.6 is 0 Å². The molecule has 2 N–H and O–H groups in total. The third-order valence-corrected chi connectivity index (χ3v) is 4.95. The first-order valence-electron chi connectivity index (χ1n) is 7.73. The Labute approximate surface area is 123 Å². The minimum absolute atomic E-state index is 0.130. The first kappa shape index (κ1) is 15.3. The number of para-hydroxylation sites is 1. The average Bonchev–Trinajstić information content (AvgIpc) is 2.41. The lowest BCUT2D eigenvalue weighted by atomic mass is 9.75. The second kappa shape index (κ2) is 6.15. The van der Waals surface area contributed by atoms with Gasteiger partial charge in [0, 0.05) is 30.9 Å². The summed E-state index contributed by atoms with van der Waals surface area (Å²) in [6.07, 6.45) is 4.92. The number of hydrogen-bond acceptors (Lipinski definition) is 3. The molecule has 0 amide bonds. The van der Waals surface area contributed by atoms with Gasteiger partial charge in [-0.3, -0.25) is 0 Å². The van der Waals surface area contributed by atoms with Crippen molar-refractivity contribution >= 4 is 5.69 Å². The molecule has 0 spiro atoms. The summed E-state index contributed by atoms with van der Waals surface area (Å²) in [6, 6.07) is 8.70. The zero-order valence-corrected chi connectivity index (χ0v) is 13.4. The molecule has 112 valence electrons. The van der Waals surface area contributed by atoms with Crippen LogP contribution in [0.25, 0.3) is 0 Å². The number of hydrogen-bond donors (Lipinski definition) is 1. The molecule has 1 aromatic carbocycles. The highest BCUT2D eigenvalue weighted by molar-refractivity contribution is 5.54. The predicted molar refractivity (Wildman–Crippen MR) is 87.2 cm³/mol. The zero-order chi connectivity index (χ0) is 14.8. The van der Waals surface area contributed by atoms with Gasteiger partial charge < -0.3 is 15.5 Å². The molecule has 2 rings (SSSR count). The van der Waals surface area contributed by atoms with Gasteiger partial charge in [0.1, 0.15) is 0 Å². The lowest BCUT2D eigenvalue weighted by Gasteiger charge is -2.49. The van der Waals surface area contributed by atoms with Gasteiger partial charge in [0.25, 0.3) is 0 Å². The minimum atomic E-state index is 0.130.